The van der Waals surface area contributed by atoms with E-state index < -0.39 is 0 Å². The molecule has 2 rings (SSSR count). The van der Waals surface area contributed by atoms with Gasteiger partial charge in [0.2, 0.25) is 0 Å². The minimum Gasteiger partial charge on any atom is -0.462 e. The first-order chi connectivity index (χ1) is 7.22. The number of pyridine rings is 1. The third-order valence-electron chi connectivity index (χ3n) is 2.09. The van der Waals surface area contributed by atoms with E-state index in [4.69, 9.17) is 4.74 Å². The van der Waals surface area contributed by atoms with Crippen LogP contribution >= 0.6 is 22.6 Å². The largest absolute Gasteiger partial charge is 0.462 e. The molecule has 78 valence electrons. The number of aromatic nitrogens is 1. The second-order valence-electron chi connectivity index (χ2n) is 3.10. The standard InChI is InChI=1S/C11H10INO2/c1-2-15-11(14)8-6-10-9(12)4-3-5-13(10)7-8/h3-7H,2H2,1H3. The molecule has 0 N–H and O–H groups in total. The highest BCUT2D eigenvalue weighted by Crippen LogP contribution is 2.17. The molecule has 4 heteroatoms. The van der Waals surface area contributed by atoms with E-state index >= 15 is 0 Å². The van der Waals surface area contributed by atoms with E-state index in [1.165, 1.54) is 0 Å². The molecule has 0 bridgehead atoms. The quantitative estimate of drug-likeness (QED) is 0.630. The molecule has 0 saturated carbocycles. The molecule has 2 heterocycles. The van der Waals surface area contributed by atoms with Crippen molar-refractivity contribution in [2.75, 3.05) is 6.61 Å². The molecule has 0 amide bonds. The summed E-state index contributed by atoms with van der Waals surface area (Å²) >= 11 is 2.24. The van der Waals surface area contributed by atoms with Crippen LogP contribution < -0.4 is 0 Å². The van der Waals surface area contributed by atoms with Gasteiger partial charge in [-0.25, -0.2) is 4.79 Å². The summed E-state index contributed by atoms with van der Waals surface area (Å²) in [6.45, 7) is 2.21. The summed E-state index contributed by atoms with van der Waals surface area (Å²) in [5, 5.41) is 0. The Labute approximate surface area is 101 Å². The Hall–Kier alpha value is -1.04. The first-order valence-corrected chi connectivity index (χ1v) is 5.73. The number of esters is 1. The Morgan fingerprint density at radius 3 is 3.07 bits per heavy atom. The monoisotopic (exact) mass is 315 g/mol. The number of carbonyl (C=O) groups excluding carboxylic acids is 1. The van der Waals surface area contributed by atoms with Crippen molar-refractivity contribution >= 4 is 34.1 Å². The lowest BCUT2D eigenvalue weighted by atomic mass is 10.3. The molecule has 0 spiro atoms. The van der Waals surface area contributed by atoms with Crippen LogP contribution in [0, 0.1) is 3.57 Å². The van der Waals surface area contributed by atoms with Crippen LogP contribution in [-0.4, -0.2) is 17.0 Å². The Morgan fingerprint density at radius 1 is 1.60 bits per heavy atom. The maximum atomic E-state index is 11.5. The Kier molecular flexibility index (Phi) is 2.95. The van der Waals surface area contributed by atoms with Gasteiger partial charge in [-0.05, 0) is 47.7 Å². The molecule has 0 aliphatic heterocycles. The van der Waals surface area contributed by atoms with Gasteiger partial charge in [-0.3, -0.25) is 0 Å². The molecule has 0 radical (unpaired) electrons. The average Bonchev–Trinajstić information content (AvgIpc) is 2.63. The topological polar surface area (TPSA) is 30.7 Å². The third-order valence-corrected chi connectivity index (χ3v) is 3.01. The molecule has 0 aliphatic carbocycles. The van der Waals surface area contributed by atoms with E-state index in [1.54, 1.807) is 13.1 Å². The number of hydrogen-bond donors (Lipinski definition) is 0. The van der Waals surface area contributed by atoms with Crippen LogP contribution in [0.1, 0.15) is 17.3 Å². The molecule has 0 fully saturated rings. The smallest absolute Gasteiger partial charge is 0.339 e. The number of carbonyl (C=O) groups is 1. The van der Waals surface area contributed by atoms with Crippen molar-refractivity contribution in [1.82, 2.24) is 4.40 Å². The summed E-state index contributed by atoms with van der Waals surface area (Å²) in [4.78, 5) is 11.5. The lowest BCUT2D eigenvalue weighted by Gasteiger charge is -1.96. The second kappa shape index (κ2) is 4.22. The van der Waals surface area contributed by atoms with Crippen molar-refractivity contribution in [1.29, 1.82) is 0 Å². The minimum atomic E-state index is -0.267. The predicted octanol–water partition coefficient (Wildman–Crippen LogP) is 2.72. The van der Waals surface area contributed by atoms with Gasteiger partial charge in [0.05, 0.1) is 17.7 Å². The van der Waals surface area contributed by atoms with Gasteiger partial charge in [0.1, 0.15) is 0 Å². The summed E-state index contributed by atoms with van der Waals surface area (Å²) in [6, 6.07) is 5.80. The van der Waals surface area contributed by atoms with Crippen molar-refractivity contribution in [3.05, 3.63) is 39.7 Å². The van der Waals surface area contributed by atoms with Crippen molar-refractivity contribution in [3.8, 4) is 0 Å². The van der Waals surface area contributed by atoms with Gasteiger partial charge < -0.3 is 9.14 Å². The first kappa shape index (κ1) is 10.5. The van der Waals surface area contributed by atoms with Gasteiger partial charge in [-0.2, -0.15) is 0 Å². The fourth-order valence-corrected chi connectivity index (χ4v) is 2.07. The summed E-state index contributed by atoms with van der Waals surface area (Å²) in [5.74, 6) is -0.267. The van der Waals surface area contributed by atoms with Gasteiger partial charge in [-0.1, -0.05) is 0 Å². The van der Waals surface area contributed by atoms with Gasteiger partial charge >= 0.3 is 5.97 Å². The summed E-state index contributed by atoms with van der Waals surface area (Å²) in [5.41, 5.74) is 1.63. The van der Waals surface area contributed by atoms with Crippen LogP contribution in [0.4, 0.5) is 0 Å². The summed E-state index contributed by atoms with van der Waals surface area (Å²) in [7, 11) is 0. The van der Waals surface area contributed by atoms with Crippen LogP contribution in [0.25, 0.3) is 5.52 Å². The van der Waals surface area contributed by atoms with E-state index in [9.17, 15) is 4.79 Å². The number of nitrogens with zero attached hydrogens (tertiary/aromatic N) is 1. The van der Waals surface area contributed by atoms with Crippen LogP contribution in [0.2, 0.25) is 0 Å². The molecule has 0 saturated heterocycles. The lowest BCUT2D eigenvalue weighted by molar-refractivity contribution is 0.0526. The van der Waals surface area contributed by atoms with Crippen molar-refractivity contribution in [2.24, 2.45) is 0 Å². The summed E-state index contributed by atoms with van der Waals surface area (Å²) < 4.78 is 7.98. The SMILES string of the molecule is CCOC(=O)c1cc2c(I)cccn2c1. The Bertz CT molecular complexity index is 504. The fourth-order valence-electron chi connectivity index (χ4n) is 1.43. The van der Waals surface area contributed by atoms with Crippen LogP contribution in [-0.2, 0) is 4.74 Å². The Balaban J connectivity index is 2.47. The highest BCUT2D eigenvalue weighted by atomic mass is 127. The molecule has 3 nitrogen and oxygen atoms in total. The van der Waals surface area contributed by atoms with Crippen molar-refractivity contribution in [3.63, 3.8) is 0 Å². The van der Waals surface area contributed by atoms with Crippen LogP contribution in [0.15, 0.2) is 30.6 Å². The summed E-state index contributed by atoms with van der Waals surface area (Å²) in [6.07, 6.45) is 3.70. The molecule has 2 aromatic heterocycles. The third kappa shape index (κ3) is 1.99. The number of halogens is 1. The van der Waals surface area contributed by atoms with E-state index in [2.05, 4.69) is 22.6 Å². The lowest BCUT2D eigenvalue weighted by Crippen LogP contribution is -2.02. The maximum absolute atomic E-state index is 11.5. The van der Waals surface area contributed by atoms with Gasteiger partial charge in [0.15, 0.2) is 0 Å². The molecule has 0 aromatic carbocycles. The fraction of sp³-hybridized carbons (Fsp3) is 0.182. The maximum Gasteiger partial charge on any atom is 0.339 e. The van der Waals surface area contributed by atoms with Crippen LogP contribution in [0.3, 0.4) is 0 Å². The number of fused-ring (bicyclic) bond motifs is 1. The molecule has 0 unspecified atom stereocenters. The zero-order valence-corrected chi connectivity index (χ0v) is 10.4. The van der Waals surface area contributed by atoms with E-state index in [0.29, 0.717) is 12.2 Å². The normalized spacial score (nSPS) is 10.5. The highest BCUT2D eigenvalue weighted by Gasteiger charge is 2.10. The van der Waals surface area contributed by atoms with Gasteiger partial charge in [-0.15, -0.1) is 0 Å². The Morgan fingerprint density at radius 2 is 2.40 bits per heavy atom. The molecule has 0 atom stereocenters. The molecular weight excluding hydrogens is 305 g/mol. The second-order valence-corrected chi connectivity index (χ2v) is 4.26. The number of rotatable bonds is 2. The average molecular weight is 315 g/mol. The van der Waals surface area contributed by atoms with Gasteiger partial charge in [0, 0.05) is 16.0 Å². The van der Waals surface area contributed by atoms with Gasteiger partial charge in [0.25, 0.3) is 0 Å². The zero-order chi connectivity index (χ0) is 10.8. The van der Waals surface area contributed by atoms with Crippen molar-refractivity contribution < 1.29 is 9.53 Å². The van der Waals surface area contributed by atoms with Crippen LogP contribution in [0.5, 0.6) is 0 Å². The van der Waals surface area contributed by atoms with E-state index in [0.717, 1.165) is 9.09 Å². The van der Waals surface area contributed by atoms with E-state index in [1.807, 2.05) is 28.8 Å². The van der Waals surface area contributed by atoms with Crippen molar-refractivity contribution in [2.45, 2.75) is 6.92 Å². The molecule has 2 aromatic rings. The molecule has 0 aliphatic rings. The molecular formula is C11H10INO2. The number of hydrogen-bond acceptors (Lipinski definition) is 2. The van der Waals surface area contributed by atoms with E-state index in [-0.39, 0.29) is 5.97 Å². The number of ether oxygens (including phenoxy) is 1. The predicted molar refractivity (Wildman–Crippen MR) is 66.1 cm³/mol. The zero-order valence-electron chi connectivity index (χ0n) is 8.24. The first-order valence-electron chi connectivity index (χ1n) is 4.65. The highest BCUT2D eigenvalue weighted by molar-refractivity contribution is 14.1. The minimum absolute atomic E-state index is 0.267. The molecule has 15 heavy (non-hydrogen) atoms.